The Kier molecular flexibility index (Phi) is 5.12. The number of benzene rings is 1. The zero-order valence-corrected chi connectivity index (χ0v) is 10.2. The second-order valence-corrected chi connectivity index (χ2v) is 5.33. The van der Waals surface area contributed by atoms with Crippen LogP contribution in [0.15, 0.2) is 24.3 Å². The Morgan fingerprint density at radius 3 is 2.69 bits per heavy atom. The van der Waals surface area contributed by atoms with Gasteiger partial charge in [0.15, 0.2) is 0 Å². The molecule has 0 spiro atoms. The van der Waals surface area contributed by atoms with E-state index in [1.54, 1.807) is 0 Å². The number of hydrogen-bond donors (Lipinski definition) is 3. The van der Waals surface area contributed by atoms with Gasteiger partial charge in [0.05, 0.1) is 13.2 Å². The van der Waals surface area contributed by atoms with E-state index in [0.29, 0.717) is 19.8 Å². The molecule has 0 bridgehead atoms. The molecule has 0 amide bonds. The monoisotopic (exact) mass is 243 g/mol. The lowest BCUT2D eigenvalue weighted by Gasteiger charge is -2.10. The first-order valence-electron chi connectivity index (χ1n) is 5.03. The average Bonchev–Trinajstić information content (AvgIpc) is 2.18. The molecule has 1 aromatic carbocycles. The number of aryl methyl sites for hydroxylation is 1. The minimum atomic E-state index is -3.12. The van der Waals surface area contributed by atoms with E-state index in [2.05, 4.69) is 5.09 Å². The standard InChI is InChI=1S/C10H18N3O2P/c1-9-4-2-3-5-10(9)8-15-7-6-13-16(11,12)14/h2-5H,6-8H2,1H3,(H5,11,12,13,14). The summed E-state index contributed by atoms with van der Waals surface area (Å²) in [7, 11) is -3.12. The highest BCUT2D eigenvalue weighted by Crippen LogP contribution is 2.16. The van der Waals surface area contributed by atoms with Crippen molar-refractivity contribution in [2.75, 3.05) is 13.2 Å². The predicted octanol–water partition coefficient (Wildman–Crippen LogP) is 1.13. The molecule has 0 aromatic heterocycles. The van der Waals surface area contributed by atoms with Crippen molar-refractivity contribution in [3.8, 4) is 0 Å². The largest absolute Gasteiger partial charge is 0.375 e. The van der Waals surface area contributed by atoms with E-state index >= 15 is 0 Å². The maximum atomic E-state index is 10.9. The molecule has 5 nitrogen and oxygen atoms in total. The lowest BCUT2D eigenvalue weighted by Crippen LogP contribution is -2.25. The van der Waals surface area contributed by atoms with Crippen LogP contribution < -0.4 is 16.1 Å². The summed E-state index contributed by atoms with van der Waals surface area (Å²) in [6.45, 7) is 3.38. The van der Waals surface area contributed by atoms with E-state index in [4.69, 9.17) is 15.7 Å². The first-order chi connectivity index (χ1) is 7.49. The van der Waals surface area contributed by atoms with Gasteiger partial charge in [0.1, 0.15) is 0 Å². The Labute approximate surface area is 95.7 Å². The molecule has 0 aliphatic rings. The van der Waals surface area contributed by atoms with Gasteiger partial charge in [-0.15, -0.1) is 0 Å². The van der Waals surface area contributed by atoms with Gasteiger partial charge in [0.25, 0.3) is 7.59 Å². The van der Waals surface area contributed by atoms with Crippen LogP contribution >= 0.6 is 7.59 Å². The van der Waals surface area contributed by atoms with Crippen molar-refractivity contribution in [3.63, 3.8) is 0 Å². The maximum absolute atomic E-state index is 10.9. The highest BCUT2D eigenvalue weighted by atomic mass is 31.2. The molecule has 0 saturated carbocycles. The highest BCUT2D eigenvalue weighted by molar-refractivity contribution is 7.56. The first-order valence-corrected chi connectivity index (χ1v) is 6.88. The van der Waals surface area contributed by atoms with Crippen LogP contribution in [0.5, 0.6) is 0 Å². The summed E-state index contributed by atoms with van der Waals surface area (Å²) in [4.78, 5) is 0. The average molecular weight is 243 g/mol. The number of hydrogen-bond acceptors (Lipinski definition) is 2. The predicted molar refractivity (Wildman–Crippen MR) is 64.8 cm³/mol. The number of nitrogens with one attached hydrogen (secondary N) is 1. The molecule has 90 valence electrons. The molecule has 16 heavy (non-hydrogen) atoms. The molecule has 0 fully saturated rings. The summed E-state index contributed by atoms with van der Waals surface area (Å²) in [5.41, 5.74) is 12.6. The topological polar surface area (TPSA) is 90.4 Å². The van der Waals surface area contributed by atoms with Crippen LogP contribution in [0.3, 0.4) is 0 Å². The summed E-state index contributed by atoms with van der Waals surface area (Å²) in [5.74, 6) is 0. The Morgan fingerprint density at radius 1 is 1.38 bits per heavy atom. The summed E-state index contributed by atoms with van der Waals surface area (Å²) in [5, 5.41) is 2.51. The number of nitrogens with two attached hydrogens (primary N) is 2. The molecule has 6 heteroatoms. The van der Waals surface area contributed by atoms with Crippen LogP contribution in [-0.2, 0) is 15.9 Å². The lowest BCUT2D eigenvalue weighted by atomic mass is 10.1. The zero-order chi connectivity index (χ0) is 12.0. The zero-order valence-electron chi connectivity index (χ0n) is 9.35. The van der Waals surface area contributed by atoms with Crippen LogP contribution in [0.25, 0.3) is 0 Å². The minimum absolute atomic E-state index is 0.385. The molecular formula is C10H18N3O2P. The van der Waals surface area contributed by atoms with Crippen LogP contribution in [0, 0.1) is 6.92 Å². The molecule has 5 N–H and O–H groups in total. The lowest BCUT2D eigenvalue weighted by molar-refractivity contribution is 0.125. The van der Waals surface area contributed by atoms with Crippen molar-refractivity contribution in [1.29, 1.82) is 0 Å². The second-order valence-electron chi connectivity index (χ2n) is 3.60. The van der Waals surface area contributed by atoms with E-state index in [1.807, 2.05) is 31.2 Å². The normalized spacial score (nSPS) is 11.7. The summed E-state index contributed by atoms with van der Waals surface area (Å²) in [6.07, 6.45) is 0. The molecule has 1 aromatic rings. The Morgan fingerprint density at radius 2 is 2.06 bits per heavy atom. The van der Waals surface area contributed by atoms with Crippen LogP contribution in [0.1, 0.15) is 11.1 Å². The quantitative estimate of drug-likeness (QED) is 0.514. The van der Waals surface area contributed by atoms with Gasteiger partial charge in [0, 0.05) is 6.54 Å². The summed E-state index contributed by atoms with van der Waals surface area (Å²) in [6, 6.07) is 8.00. The maximum Gasteiger partial charge on any atom is 0.273 e. The molecule has 0 heterocycles. The Balaban J connectivity index is 2.22. The molecule has 0 unspecified atom stereocenters. The van der Waals surface area contributed by atoms with Gasteiger partial charge in [-0.1, -0.05) is 24.3 Å². The smallest absolute Gasteiger partial charge is 0.273 e. The van der Waals surface area contributed by atoms with Gasteiger partial charge < -0.3 is 4.74 Å². The van der Waals surface area contributed by atoms with Crippen molar-refractivity contribution in [2.24, 2.45) is 11.0 Å². The summed E-state index contributed by atoms with van der Waals surface area (Å²) < 4.78 is 16.3. The van der Waals surface area contributed by atoms with Crippen molar-refractivity contribution in [3.05, 3.63) is 35.4 Å². The van der Waals surface area contributed by atoms with E-state index < -0.39 is 7.59 Å². The molecule has 0 atom stereocenters. The van der Waals surface area contributed by atoms with E-state index in [-0.39, 0.29) is 0 Å². The third-order valence-electron chi connectivity index (χ3n) is 2.12. The van der Waals surface area contributed by atoms with Gasteiger partial charge in [0.2, 0.25) is 0 Å². The fourth-order valence-electron chi connectivity index (χ4n) is 1.25. The van der Waals surface area contributed by atoms with E-state index in [1.165, 1.54) is 5.56 Å². The Hall–Kier alpha value is -0.710. The van der Waals surface area contributed by atoms with Crippen molar-refractivity contribution < 1.29 is 9.30 Å². The SMILES string of the molecule is Cc1ccccc1COCCNP(N)(N)=O. The highest BCUT2D eigenvalue weighted by Gasteiger charge is 2.05. The van der Waals surface area contributed by atoms with Gasteiger partial charge in [-0.25, -0.2) is 5.09 Å². The number of rotatable bonds is 6. The molecular weight excluding hydrogens is 225 g/mol. The second kappa shape index (κ2) is 6.13. The molecule has 1 rings (SSSR count). The fourth-order valence-corrected chi connectivity index (χ4v) is 1.69. The fraction of sp³-hybridized carbons (Fsp3) is 0.400. The van der Waals surface area contributed by atoms with Crippen molar-refractivity contribution in [1.82, 2.24) is 5.09 Å². The number of ether oxygens (including phenoxy) is 1. The van der Waals surface area contributed by atoms with Crippen LogP contribution in [0.2, 0.25) is 0 Å². The molecule has 0 saturated heterocycles. The Bertz CT molecular complexity index is 378. The van der Waals surface area contributed by atoms with Gasteiger partial charge in [-0.3, -0.25) is 15.6 Å². The van der Waals surface area contributed by atoms with Gasteiger partial charge >= 0.3 is 0 Å². The van der Waals surface area contributed by atoms with Crippen molar-refractivity contribution >= 4 is 7.59 Å². The minimum Gasteiger partial charge on any atom is -0.375 e. The third kappa shape index (κ3) is 5.39. The first kappa shape index (κ1) is 13.4. The van der Waals surface area contributed by atoms with E-state index in [0.717, 1.165) is 5.56 Å². The van der Waals surface area contributed by atoms with Crippen molar-refractivity contribution in [2.45, 2.75) is 13.5 Å². The summed E-state index contributed by atoms with van der Waals surface area (Å²) >= 11 is 0. The molecule has 0 aliphatic heterocycles. The molecule has 0 aliphatic carbocycles. The van der Waals surface area contributed by atoms with Crippen LogP contribution in [0.4, 0.5) is 0 Å². The van der Waals surface area contributed by atoms with Gasteiger partial charge in [-0.2, -0.15) is 0 Å². The van der Waals surface area contributed by atoms with Crippen LogP contribution in [-0.4, -0.2) is 13.2 Å². The molecule has 0 radical (unpaired) electrons. The van der Waals surface area contributed by atoms with E-state index in [9.17, 15) is 4.57 Å². The third-order valence-corrected chi connectivity index (χ3v) is 2.84. The van der Waals surface area contributed by atoms with Gasteiger partial charge in [-0.05, 0) is 18.1 Å².